The predicted molar refractivity (Wildman–Crippen MR) is 102 cm³/mol. The van der Waals surface area contributed by atoms with E-state index in [0.717, 1.165) is 24.9 Å². The Bertz CT molecular complexity index is 785. The number of rotatable bonds is 9. The zero-order valence-electron chi connectivity index (χ0n) is 15.1. The fourth-order valence-electron chi connectivity index (χ4n) is 2.86. The van der Waals surface area contributed by atoms with Gasteiger partial charge in [0.1, 0.15) is 0 Å². The van der Waals surface area contributed by atoms with Crippen molar-refractivity contribution in [1.82, 2.24) is 15.0 Å². The first kappa shape index (κ1) is 18.3. The van der Waals surface area contributed by atoms with Gasteiger partial charge in [-0.1, -0.05) is 66.7 Å². The standard InChI is InChI=1S/C21H25N3O2/c1-2-17-8-10-19(11-9-17)21-22-20(26-23-21)16-24(14-15-25)13-12-18-6-4-3-5-7-18/h3-11,25H,2,12-16H2,1H3. The molecule has 0 radical (unpaired) electrons. The van der Waals surface area contributed by atoms with Crippen LogP contribution in [0.4, 0.5) is 0 Å². The molecule has 26 heavy (non-hydrogen) atoms. The van der Waals surface area contributed by atoms with Gasteiger partial charge in [0.05, 0.1) is 13.2 Å². The molecular formula is C21H25N3O2. The van der Waals surface area contributed by atoms with Crippen LogP contribution in [0.1, 0.15) is 23.9 Å². The van der Waals surface area contributed by atoms with Gasteiger partial charge in [-0.05, 0) is 24.0 Å². The van der Waals surface area contributed by atoms with E-state index in [1.54, 1.807) is 0 Å². The van der Waals surface area contributed by atoms with Gasteiger partial charge in [0, 0.05) is 18.7 Å². The second-order valence-corrected chi connectivity index (χ2v) is 6.30. The molecule has 1 N–H and O–H groups in total. The molecule has 0 aliphatic rings. The first-order valence-electron chi connectivity index (χ1n) is 9.07. The predicted octanol–water partition coefficient (Wildman–Crippen LogP) is 3.34. The van der Waals surface area contributed by atoms with E-state index in [-0.39, 0.29) is 6.61 Å². The molecule has 0 spiro atoms. The molecule has 0 fully saturated rings. The van der Waals surface area contributed by atoms with Gasteiger partial charge in [-0.15, -0.1) is 0 Å². The number of aliphatic hydroxyl groups excluding tert-OH is 1. The van der Waals surface area contributed by atoms with E-state index in [0.29, 0.717) is 24.8 Å². The Labute approximate surface area is 154 Å². The summed E-state index contributed by atoms with van der Waals surface area (Å²) >= 11 is 0. The molecule has 5 heteroatoms. The number of nitrogens with zero attached hydrogens (tertiary/aromatic N) is 3. The molecule has 0 unspecified atom stereocenters. The van der Waals surface area contributed by atoms with Crippen LogP contribution in [0.3, 0.4) is 0 Å². The minimum Gasteiger partial charge on any atom is -0.395 e. The van der Waals surface area contributed by atoms with Crippen LogP contribution in [0.25, 0.3) is 11.4 Å². The van der Waals surface area contributed by atoms with E-state index in [2.05, 4.69) is 46.2 Å². The highest BCUT2D eigenvalue weighted by molar-refractivity contribution is 5.54. The lowest BCUT2D eigenvalue weighted by Crippen LogP contribution is -2.28. The Morgan fingerprint density at radius 3 is 2.42 bits per heavy atom. The summed E-state index contributed by atoms with van der Waals surface area (Å²) in [6, 6.07) is 18.5. The van der Waals surface area contributed by atoms with Gasteiger partial charge in [-0.2, -0.15) is 4.98 Å². The van der Waals surface area contributed by atoms with Crippen molar-refractivity contribution in [2.75, 3.05) is 19.7 Å². The molecule has 0 amide bonds. The monoisotopic (exact) mass is 351 g/mol. The van der Waals surface area contributed by atoms with Crippen molar-refractivity contribution in [2.45, 2.75) is 26.3 Å². The van der Waals surface area contributed by atoms with Gasteiger partial charge < -0.3 is 9.63 Å². The highest BCUT2D eigenvalue weighted by Gasteiger charge is 2.13. The van der Waals surface area contributed by atoms with Gasteiger partial charge in [0.15, 0.2) is 0 Å². The summed E-state index contributed by atoms with van der Waals surface area (Å²) in [6.45, 7) is 4.18. The molecule has 1 aromatic heterocycles. The number of hydrogen-bond donors (Lipinski definition) is 1. The van der Waals surface area contributed by atoms with Crippen molar-refractivity contribution in [1.29, 1.82) is 0 Å². The van der Waals surface area contributed by atoms with E-state index in [4.69, 9.17) is 4.52 Å². The number of aliphatic hydroxyl groups is 1. The second-order valence-electron chi connectivity index (χ2n) is 6.30. The Morgan fingerprint density at radius 2 is 1.73 bits per heavy atom. The average molecular weight is 351 g/mol. The lowest BCUT2D eigenvalue weighted by atomic mass is 10.1. The van der Waals surface area contributed by atoms with Crippen molar-refractivity contribution in [2.24, 2.45) is 0 Å². The van der Waals surface area contributed by atoms with Crippen LogP contribution in [-0.2, 0) is 19.4 Å². The van der Waals surface area contributed by atoms with Crippen LogP contribution < -0.4 is 0 Å². The smallest absolute Gasteiger partial charge is 0.241 e. The largest absolute Gasteiger partial charge is 0.395 e. The summed E-state index contributed by atoms with van der Waals surface area (Å²) < 4.78 is 5.42. The summed E-state index contributed by atoms with van der Waals surface area (Å²) in [6.07, 6.45) is 1.93. The van der Waals surface area contributed by atoms with Gasteiger partial charge in [-0.25, -0.2) is 0 Å². The zero-order chi connectivity index (χ0) is 18.2. The molecule has 2 aromatic carbocycles. The lowest BCUT2D eigenvalue weighted by Gasteiger charge is -2.19. The van der Waals surface area contributed by atoms with Gasteiger partial charge in [-0.3, -0.25) is 4.90 Å². The van der Waals surface area contributed by atoms with E-state index < -0.39 is 0 Å². The summed E-state index contributed by atoms with van der Waals surface area (Å²) in [5.41, 5.74) is 3.51. The summed E-state index contributed by atoms with van der Waals surface area (Å²) in [5.74, 6) is 1.18. The van der Waals surface area contributed by atoms with Crippen LogP contribution in [0, 0.1) is 0 Å². The van der Waals surface area contributed by atoms with Crippen molar-refractivity contribution in [3.63, 3.8) is 0 Å². The first-order valence-corrected chi connectivity index (χ1v) is 9.07. The second kappa shape index (κ2) is 9.27. The van der Waals surface area contributed by atoms with Gasteiger partial charge >= 0.3 is 0 Å². The van der Waals surface area contributed by atoms with Gasteiger partial charge in [0.2, 0.25) is 11.7 Å². The molecule has 0 saturated carbocycles. The van der Waals surface area contributed by atoms with Crippen molar-refractivity contribution in [3.05, 3.63) is 71.6 Å². The van der Waals surface area contributed by atoms with Crippen LogP contribution >= 0.6 is 0 Å². The Balaban J connectivity index is 1.62. The third-order valence-corrected chi connectivity index (χ3v) is 4.42. The maximum Gasteiger partial charge on any atom is 0.241 e. The molecule has 0 aliphatic heterocycles. The normalized spacial score (nSPS) is 11.2. The SMILES string of the molecule is CCc1ccc(-c2noc(CN(CCO)CCc3ccccc3)n2)cc1. The van der Waals surface area contributed by atoms with Crippen LogP contribution in [0.5, 0.6) is 0 Å². The zero-order valence-corrected chi connectivity index (χ0v) is 15.1. The molecule has 1 heterocycles. The molecule has 0 aliphatic carbocycles. The Morgan fingerprint density at radius 1 is 0.962 bits per heavy atom. The maximum atomic E-state index is 9.34. The molecule has 0 bridgehead atoms. The van der Waals surface area contributed by atoms with Crippen LogP contribution in [0.2, 0.25) is 0 Å². The quantitative estimate of drug-likeness (QED) is 0.641. The molecule has 5 nitrogen and oxygen atoms in total. The Hall–Kier alpha value is -2.50. The highest BCUT2D eigenvalue weighted by Crippen LogP contribution is 2.17. The maximum absolute atomic E-state index is 9.34. The molecule has 3 aromatic rings. The Kier molecular flexibility index (Phi) is 6.52. The van der Waals surface area contributed by atoms with Gasteiger partial charge in [0.25, 0.3) is 0 Å². The number of aryl methyl sites for hydroxylation is 1. The van der Waals surface area contributed by atoms with Crippen molar-refractivity contribution < 1.29 is 9.63 Å². The highest BCUT2D eigenvalue weighted by atomic mass is 16.5. The summed E-state index contributed by atoms with van der Waals surface area (Å²) in [5, 5.41) is 13.4. The van der Waals surface area contributed by atoms with E-state index in [1.165, 1.54) is 11.1 Å². The number of aromatic nitrogens is 2. The first-order chi connectivity index (χ1) is 12.8. The van der Waals surface area contributed by atoms with Crippen LogP contribution in [-0.4, -0.2) is 39.8 Å². The third kappa shape index (κ3) is 5.00. The minimum atomic E-state index is 0.105. The van der Waals surface area contributed by atoms with E-state index in [1.807, 2.05) is 30.3 Å². The molecule has 3 rings (SSSR count). The fraction of sp³-hybridized carbons (Fsp3) is 0.333. The molecule has 0 saturated heterocycles. The summed E-state index contributed by atoms with van der Waals surface area (Å²) in [4.78, 5) is 6.64. The van der Waals surface area contributed by atoms with E-state index in [9.17, 15) is 5.11 Å². The third-order valence-electron chi connectivity index (χ3n) is 4.42. The van der Waals surface area contributed by atoms with E-state index >= 15 is 0 Å². The molecule has 0 atom stereocenters. The summed E-state index contributed by atoms with van der Waals surface area (Å²) in [7, 11) is 0. The van der Waals surface area contributed by atoms with Crippen LogP contribution in [0.15, 0.2) is 59.1 Å². The molecule has 136 valence electrons. The number of benzene rings is 2. The average Bonchev–Trinajstić information content (AvgIpc) is 3.16. The molecular weight excluding hydrogens is 326 g/mol. The van der Waals surface area contributed by atoms with Crippen molar-refractivity contribution >= 4 is 0 Å². The topological polar surface area (TPSA) is 62.4 Å². The van der Waals surface area contributed by atoms with Crippen molar-refractivity contribution in [3.8, 4) is 11.4 Å². The minimum absolute atomic E-state index is 0.105. The fourth-order valence-corrected chi connectivity index (χ4v) is 2.86. The lowest BCUT2D eigenvalue weighted by molar-refractivity contribution is 0.175. The number of hydrogen-bond acceptors (Lipinski definition) is 5.